The van der Waals surface area contributed by atoms with Crippen LogP contribution in [0, 0.1) is 0 Å². The van der Waals surface area contributed by atoms with Gasteiger partial charge < -0.3 is 11.1 Å². The van der Waals surface area contributed by atoms with Gasteiger partial charge in [-0.25, -0.2) is 9.50 Å². The molecule has 112 valence electrons. The van der Waals surface area contributed by atoms with Crippen LogP contribution in [0.25, 0.3) is 5.65 Å². The number of nitrogens with zero attached hydrogens (tertiary/aromatic N) is 3. The zero-order valence-electron chi connectivity index (χ0n) is 11.7. The second-order valence-electron chi connectivity index (χ2n) is 4.76. The maximum absolute atomic E-state index is 12.3. The first-order valence-corrected chi connectivity index (χ1v) is 7.53. The quantitative estimate of drug-likeness (QED) is 0.744. The minimum atomic E-state index is -0.166. The van der Waals surface area contributed by atoms with Crippen LogP contribution in [0.4, 0.5) is 0 Å². The summed E-state index contributed by atoms with van der Waals surface area (Å²) in [6.45, 7) is 0.885. The van der Waals surface area contributed by atoms with Crippen LogP contribution >= 0.6 is 15.9 Å². The topological polar surface area (TPSA) is 85.3 Å². The molecule has 7 heteroatoms. The van der Waals surface area contributed by atoms with E-state index in [4.69, 9.17) is 5.73 Å². The third-order valence-electron chi connectivity index (χ3n) is 3.35. The Morgan fingerprint density at radius 1 is 1.23 bits per heavy atom. The van der Waals surface area contributed by atoms with E-state index in [-0.39, 0.29) is 5.91 Å². The highest BCUT2D eigenvalue weighted by Gasteiger charge is 2.09. The number of amides is 1. The van der Waals surface area contributed by atoms with Gasteiger partial charge in [0.05, 0.1) is 5.56 Å². The zero-order chi connectivity index (χ0) is 15.5. The molecule has 0 aliphatic rings. The molecule has 0 aliphatic carbocycles. The summed E-state index contributed by atoms with van der Waals surface area (Å²) in [7, 11) is 0. The predicted octanol–water partition coefficient (Wildman–Crippen LogP) is 1.88. The zero-order valence-corrected chi connectivity index (χ0v) is 13.2. The monoisotopic (exact) mass is 359 g/mol. The van der Waals surface area contributed by atoms with Crippen molar-refractivity contribution in [2.45, 2.75) is 13.1 Å². The van der Waals surface area contributed by atoms with Gasteiger partial charge in [-0.2, -0.15) is 0 Å². The number of rotatable bonds is 4. The first-order chi connectivity index (χ1) is 10.7. The molecule has 0 saturated heterocycles. The van der Waals surface area contributed by atoms with Crippen molar-refractivity contribution in [3.8, 4) is 0 Å². The van der Waals surface area contributed by atoms with Crippen molar-refractivity contribution < 1.29 is 4.79 Å². The lowest BCUT2D eigenvalue weighted by molar-refractivity contribution is 0.0950. The number of hydrogen-bond donors (Lipinski definition) is 2. The van der Waals surface area contributed by atoms with Gasteiger partial charge in [0.2, 0.25) is 4.73 Å². The van der Waals surface area contributed by atoms with Gasteiger partial charge in [-0.1, -0.05) is 24.3 Å². The molecule has 0 unspecified atom stereocenters. The Morgan fingerprint density at radius 3 is 2.77 bits per heavy atom. The lowest BCUT2D eigenvalue weighted by atomic mass is 10.1. The third kappa shape index (κ3) is 3.00. The lowest BCUT2D eigenvalue weighted by Gasteiger charge is -2.09. The summed E-state index contributed by atoms with van der Waals surface area (Å²) in [4.78, 5) is 16.4. The van der Waals surface area contributed by atoms with Crippen LogP contribution in [-0.4, -0.2) is 20.5 Å². The molecule has 3 rings (SSSR count). The minimum Gasteiger partial charge on any atom is -0.348 e. The average molecular weight is 360 g/mol. The number of nitrogens with one attached hydrogen (secondary N) is 1. The molecule has 2 aromatic heterocycles. The molecule has 0 radical (unpaired) electrons. The Morgan fingerprint density at radius 2 is 2.00 bits per heavy atom. The maximum atomic E-state index is 12.3. The molecule has 1 amide bonds. The van der Waals surface area contributed by atoms with E-state index in [1.165, 1.54) is 0 Å². The van der Waals surface area contributed by atoms with Gasteiger partial charge in [-0.05, 0) is 39.2 Å². The molecule has 0 fully saturated rings. The molecule has 3 N–H and O–H groups in total. The molecule has 0 saturated carbocycles. The molecule has 6 nitrogen and oxygen atoms in total. The number of fused-ring (bicyclic) bond motifs is 1. The number of hydrogen-bond acceptors (Lipinski definition) is 4. The molecule has 0 bridgehead atoms. The van der Waals surface area contributed by atoms with E-state index in [0.29, 0.717) is 29.0 Å². The van der Waals surface area contributed by atoms with E-state index in [1.54, 1.807) is 22.8 Å². The molecule has 1 aromatic carbocycles. The number of benzene rings is 1. The second kappa shape index (κ2) is 6.25. The molecular formula is C15H14BrN5O. The summed E-state index contributed by atoms with van der Waals surface area (Å²) >= 11 is 3.21. The number of carbonyl (C=O) groups is 1. The van der Waals surface area contributed by atoms with E-state index in [9.17, 15) is 4.79 Å². The van der Waals surface area contributed by atoms with Crippen molar-refractivity contribution in [1.29, 1.82) is 0 Å². The summed E-state index contributed by atoms with van der Waals surface area (Å²) in [6, 6.07) is 11.3. The Labute approximate surface area is 135 Å². The van der Waals surface area contributed by atoms with Crippen molar-refractivity contribution >= 4 is 27.5 Å². The third-order valence-corrected chi connectivity index (χ3v) is 3.68. The molecule has 0 spiro atoms. The molecule has 3 aromatic rings. The Bertz CT molecular complexity index is 830. The van der Waals surface area contributed by atoms with Crippen molar-refractivity contribution in [3.05, 3.63) is 64.0 Å². The van der Waals surface area contributed by atoms with Crippen LogP contribution in [0.5, 0.6) is 0 Å². The molecule has 2 heterocycles. The van der Waals surface area contributed by atoms with Crippen molar-refractivity contribution in [2.24, 2.45) is 5.73 Å². The Hall–Kier alpha value is -2.25. The maximum Gasteiger partial charge on any atom is 0.253 e. The van der Waals surface area contributed by atoms with Crippen molar-refractivity contribution in [3.63, 3.8) is 0 Å². The van der Waals surface area contributed by atoms with E-state index in [1.807, 2.05) is 24.3 Å². The lowest BCUT2D eigenvalue weighted by Crippen LogP contribution is -2.24. The van der Waals surface area contributed by atoms with Crippen LogP contribution in [0.15, 0.2) is 47.3 Å². The van der Waals surface area contributed by atoms with Gasteiger partial charge in [-0.15, -0.1) is 5.10 Å². The van der Waals surface area contributed by atoms with Crippen LogP contribution in [0.2, 0.25) is 0 Å². The molecule has 0 aliphatic heterocycles. The fraction of sp³-hybridized carbons (Fsp3) is 0.133. The Kier molecular flexibility index (Phi) is 4.17. The molecular weight excluding hydrogens is 346 g/mol. The Balaban J connectivity index is 1.75. The van der Waals surface area contributed by atoms with Crippen molar-refractivity contribution in [1.82, 2.24) is 19.9 Å². The number of nitrogens with two attached hydrogens (primary N) is 1. The fourth-order valence-corrected chi connectivity index (χ4v) is 2.55. The van der Waals surface area contributed by atoms with Crippen LogP contribution in [0.3, 0.4) is 0 Å². The largest absolute Gasteiger partial charge is 0.348 e. The van der Waals surface area contributed by atoms with Gasteiger partial charge in [-0.3, -0.25) is 4.79 Å². The summed E-state index contributed by atoms with van der Waals surface area (Å²) in [5, 5.41) is 7.02. The van der Waals surface area contributed by atoms with Crippen molar-refractivity contribution in [2.75, 3.05) is 0 Å². The van der Waals surface area contributed by atoms with Gasteiger partial charge in [0.15, 0.2) is 5.65 Å². The smallest absolute Gasteiger partial charge is 0.253 e. The van der Waals surface area contributed by atoms with E-state index in [0.717, 1.165) is 11.1 Å². The van der Waals surface area contributed by atoms with Crippen LogP contribution in [-0.2, 0) is 13.1 Å². The molecule has 22 heavy (non-hydrogen) atoms. The van der Waals surface area contributed by atoms with Gasteiger partial charge >= 0.3 is 0 Å². The normalized spacial score (nSPS) is 10.8. The van der Waals surface area contributed by atoms with E-state index in [2.05, 4.69) is 31.3 Å². The highest BCUT2D eigenvalue weighted by Crippen LogP contribution is 2.10. The van der Waals surface area contributed by atoms with Gasteiger partial charge in [0.1, 0.15) is 0 Å². The summed E-state index contributed by atoms with van der Waals surface area (Å²) < 4.78 is 2.05. The number of aromatic nitrogens is 3. The number of halogens is 1. The SMILES string of the molecule is NCc1ccccc1CNC(=O)c1ccc2nc(Br)nn2c1. The molecule has 0 atom stereocenters. The minimum absolute atomic E-state index is 0.166. The first-order valence-electron chi connectivity index (χ1n) is 6.74. The summed E-state index contributed by atoms with van der Waals surface area (Å²) in [6.07, 6.45) is 1.65. The predicted molar refractivity (Wildman–Crippen MR) is 86.2 cm³/mol. The average Bonchev–Trinajstić information content (AvgIpc) is 2.91. The number of pyridine rings is 1. The summed E-state index contributed by atoms with van der Waals surface area (Å²) in [5.41, 5.74) is 8.94. The fourth-order valence-electron chi connectivity index (χ4n) is 2.20. The van der Waals surface area contributed by atoms with Crippen LogP contribution < -0.4 is 11.1 Å². The summed E-state index contributed by atoms with van der Waals surface area (Å²) in [5.74, 6) is -0.166. The highest BCUT2D eigenvalue weighted by atomic mass is 79.9. The highest BCUT2D eigenvalue weighted by molar-refractivity contribution is 9.10. The standard InChI is InChI=1S/C15H14BrN5O/c16-15-19-13-6-5-12(9-21(13)20-15)14(22)18-8-11-4-2-1-3-10(11)7-17/h1-6,9H,7-8,17H2,(H,18,22). The van der Waals surface area contributed by atoms with Gasteiger partial charge in [0, 0.05) is 19.3 Å². The second-order valence-corrected chi connectivity index (χ2v) is 5.47. The van der Waals surface area contributed by atoms with Gasteiger partial charge in [0.25, 0.3) is 5.91 Å². The number of carbonyl (C=O) groups excluding carboxylic acids is 1. The first kappa shape index (κ1) is 14.7. The van der Waals surface area contributed by atoms with E-state index >= 15 is 0 Å². The van der Waals surface area contributed by atoms with Crippen LogP contribution in [0.1, 0.15) is 21.5 Å². The van der Waals surface area contributed by atoms with E-state index < -0.39 is 0 Å².